The minimum atomic E-state index is 0.130. The Labute approximate surface area is 113 Å². The van der Waals surface area contributed by atoms with Gasteiger partial charge in [-0.25, -0.2) is 0 Å². The Hall–Kier alpha value is -0.750. The fourth-order valence-corrected chi connectivity index (χ4v) is 2.12. The van der Waals surface area contributed by atoms with Crippen molar-refractivity contribution in [2.24, 2.45) is 0 Å². The van der Waals surface area contributed by atoms with E-state index < -0.39 is 0 Å². The van der Waals surface area contributed by atoms with Crippen molar-refractivity contribution in [2.45, 2.75) is 32.7 Å². The second-order valence-corrected chi connectivity index (χ2v) is 4.44. The smallest absolute Gasteiger partial charge is 0.0760 e. The molecular weight excluding hydrogens is 255 g/mol. The molecule has 1 rings (SSSR count). The van der Waals surface area contributed by atoms with Gasteiger partial charge >= 0.3 is 0 Å². The summed E-state index contributed by atoms with van der Waals surface area (Å²) in [5.74, 6) is 5.94. The van der Waals surface area contributed by atoms with E-state index in [4.69, 9.17) is 23.2 Å². The van der Waals surface area contributed by atoms with Crippen molar-refractivity contribution in [3.05, 3.63) is 28.0 Å². The molecule has 0 aromatic carbocycles. The number of rotatable bonds is 5. The van der Waals surface area contributed by atoms with Gasteiger partial charge in [-0.1, -0.05) is 30.1 Å². The zero-order valence-electron chi connectivity index (χ0n) is 10.1. The molecule has 17 heavy (non-hydrogen) atoms. The van der Waals surface area contributed by atoms with E-state index in [-0.39, 0.29) is 6.04 Å². The first-order valence-corrected chi connectivity index (χ1v) is 6.38. The highest BCUT2D eigenvalue weighted by Gasteiger charge is 2.14. The van der Waals surface area contributed by atoms with Crippen LogP contribution in [0.15, 0.2) is 12.3 Å². The summed E-state index contributed by atoms with van der Waals surface area (Å²) in [6, 6.07) is 1.85. The van der Waals surface area contributed by atoms with Crippen molar-refractivity contribution in [1.82, 2.24) is 10.3 Å². The van der Waals surface area contributed by atoms with E-state index >= 15 is 0 Å². The van der Waals surface area contributed by atoms with E-state index in [1.54, 1.807) is 12.3 Å². The third-order valence-corrected chi connectivity index (χ3v) is 2.86. The molecule has 4 heteroatoms. The van der Waals surface area contributed by atoms with Crippen molar-refractivity contribution in [3.63, 3.8) is 0 Å². The summed E-state index contributed by atoms with van der Waals surface area (Å²) in [5.41, 5.74) is 0.843. The largest absolute Gasteiger partial charge is 0.309 e. The molecule has 92 valence electrons. The van der Waals surface area contributed by atoms with Crippen LogP contribution in [0.3, 0.4) is 0 Å². The van der Waals surface area contributed by atoms with E-state index in [1.165, 1.54) is 0 Å². The Morgan fingerprint density at radius 2 is 2.24 bits per heavy atom. The van der Waals surface area contributed by atoms with Crippen molar-refractivity contribution in [1.29, 1.82) is 0 Å². The van der Waals surface area contributed by atoms with Crippen LogP contribution < -0.4 is 5.32 Å². The normalized spacial score (nSPS) is 11.8. The van der Waals surface area contributed by atoms with Crippen LogP contribution in [0.1, 0.15) is 38.4 Å². The summed E-state index contributed by atoms with van der Waals surface area (Å²) in [5, 5.41) is 4.52. The molecule has 2 nitrogen and oxygen atoms in total. The second kappa shape index (κ2) is 7.55. The highest BCUT2D eigenvalue weighted by Crippen LogP contribution is 2.26. The van der Waals surface area contributed by atoms with Crippen LogP contribution in [0.2, 0.25) is 10.0 Å². The molecule has 1 unspecified atom stereocenters. The molecule has 0 aliphatic carbocycles. The molecule has 1 N–H and O–H groups in total. The Morgan fingerprint density at radius 1 is 1.47 bits per heavy atom. The van der Waals surface area contributed by atoms with Gasteiger partial charge in [0.1, 0.15) is 0 Å². The molecule has 0 aliphatic rings. The number of nitrogens with one attached hydrogen (secondary N) is 1. The van der Waals surface area contributed by atoms with Crippen LogP contribution >= 0.6 is 23.2 Å². The fourth-order valence-electron chi connectivity index (χ4n) is 1.60. The number of pyridine rings is 1. The number of hydrogen-bond donors (Lipinski definition) is 1. The molecule has 1 aromatic rings. The molecule has 0 saturated heterocycles. The van der Waals surface area contributed by atoms with Gasteiger partial charge in [0, 0.05) is 12.6 Å². The quantitative estimate of drug-likeness (QED) is 0.823. The minimum Gasteiger partial charge on any atom is -0.309 e. The lowest BCUT2D eigenvalue weighted by atomic mass is 10.1. The van der Waals surface area contributed by atoms with E-state index in [1.807, 2.05) is 6.92 Å². The maximum Gasteiger partial charge on any atom is 0.0760 e. The van der Waals surface area contributed by atoms with Crippen molar-refractivity contribution < 1.29 is 0 Å². The fraction of sp³-hybridized carbons (Fsp3) is 0.462. The Morgan fingerprint density at radius 3 is 2.82 bits per heavy atom. The van der Waals surface area contributed by atoms with Gasteiger partial charge in [-0.15, -0.1) is 11.8 Å². The number of aromatic nitrogens is 1. The average Bonchev–Trinajstić information content (AvgIpc) is 2.28. The summed E-state index contributed by atoms with van der Waals surface area (Å²) >= 11 is 12.0. The van der Waals surface area contributed by atoms with Gasteiger partial charge in [-0.05, 0) is 26.0 Å². The molecule has 0 saturated carbocycles. The first-order valence-electron chi connectivity index (χ1n) is 5.63. The zero-order valence-corrected chi connectivity index (χ0v) is 11.6. The molecular formula is C13H16Cl2N2. The zero-order chi connectivity index (χ0) is 12.7. The van der Waals surface area contributed by atoms with Gasteiger partial charge in [0.15, 0.2) is 0 Å². The molecule has 0 spiro atoms. The summed E-state index contributed by atoms with van der Waals surface area (Å²) in [6.07, 6.45) is 3.34. The molecule has 0 aliphatic heterocycles. The second-order valence-electron chi connectivity index (χ2n) is 3.60. The molecule has 1 aromatic heterocycles. The lowest BCUT2D eigenvalue weighted by Gasteiger charge is -2.17. The highest BCUT2D eigenvalue weighted by atomic mass is 35.5. The van der Waals surface area contributed by atoms with Gasteiger partial charge in [0.25, 0.3) is 0 Å². The summed E-state index contributed by atoms with van der Waals surface area (Å²) in [6.45, 7) is 4.77. The van der Waals surface area contributed by atoms with Gasteiger partial charge in [-0.2, -0.15) is 0 Å². The van der Waals surface area contributed by atoms with Gasteiger partial charge in [0.05, 0.1) is 21.8 Å². The van der Waals surface area contributed by atoms with Crippen molar-refractivity contribution >= 4 is 23.2 Å². The number of hydrogen-bond acceptors (Lipinski definition) is 2. The molecule has 1 atom stereocenters. The average molecular weight is 271 g/mol. The molecule has 0 radical (unpaired) electrons. The lowest BCUT2D eigenvalue weighted by molar-refractivity contribution is 0.511. The monoisotopic (exact) mass is 270 g/mol. The van der Waals surface area contributed by atoms with Crippen LogP contribution in [-0.4, -0.2) is 11.5 Å². The maximum atomic E-state index is 6.15. The van der Waals surface area contributed by atoms with Crippen LogP contribution in [0.5, 0.6) is 0 Å². The molecule has 0 bridgehead atoms. The van der Waals surface area contributed by atoms with Gasteiger partial charge in [-0.3, -0.25) is 4.98 Å². The third-order valence-electron chi connectivity index (χ3n) is 2.35. The third kappa shape index (κ3) is 4.55. The van der Waals surface area contributed by atoms with Gasteiger partial charge < -0.3 is 5.32 Å². The van der Waals surface area contributed by atoms with E-state index in [0.717, 1.165) is 25.1 Å². The van der Waals surface area contributed by atoms with E-state index in [9.17, 15) is 0 Å². The van der Waals surface area contributed by atoms with Crippen LogP contribution in [0.25, 0.3) is 0 Å². The van der Waals surface area contributed by atoms with Crippen LogP contribution in [-0.2, 0) is 0 Å². The standard InChI is InChI=1S/C13H16Cl2N2/c1-3-5-6-7-12(16-4-2)13-11(15)8-10(14)9-17-13/h8-9,12,16H,4,6-7H2,1-2H3. The predicted molar refractivity (Wildman–Crippen MR) is 73.4 cm³/mol. The predicted octanol–water partition coefficient (Wildman–Crippen LogP) is 3.84. The van der Waals surface area contributed by atoms with Crippen LogP contribution in [0.4, 0.5) is 0 Å². The molecule has 0 amide bonds. The Kier molecular flexibility index (Phi) is 6.36. The number of nitrogens with zero attached hydrogens (tertiary/aromatic N) is 1. The Balaban J connectivity index is 2.83. The summed E-state index contributed by atoms with van der Waals surface area (Å²) in [7, 11) is 0. The van der Waals surface area contributed by atoms with E-state index in [2.05, 4.69) is 29.1 Å². The van der Waals surface area contributed by atoms with Crippen molar-refractivity contribution in [2.75, 3.05) is 6.54 Å². The first kappa shape index (κ1) is 14.3. The number of halogens is 2. The lowest BCUT2D eigenvalue weighted by Crippen LogP contribution is -2.22. The van der Waals surface area contributed by atoms with Crippen LogP contribution in [0, 0.1) is 11.8 Å². The maximum absolute atomic E-state index is 6.15. The summed E-state index contributed by atoms with van der Waals surface area (Å²) in [4.78, 5) is 4.30. The summed E-state index contributed by atoms with van der Waals surface area (Å²) < 4.78 is 0. The topological polar surface area (TPSA) is 24.9 Å². The van der Waals surface area contributed by atoms with Crippen molar-refractivity contribution in [3.8, 4) is 11.8 Å². The SMILES string of the molecule is CC#CCCC(NCC)c1ncc(Cl)cc1Cl. The molecule has 1 heterocycles. The van der Waals surface area contributed by atoms with Gasteiger partial charge in [0.2, 0.25) is 0 Å². The first-order chi connectivity index (χ1) is 8.19. The minimum absolute atomic E-state index is 0.130. The highest BCUT2D eigenvalue weighted by molar-refractivity contribution is 6.34. The molecule has 0 fully saturated rings. The van der Waals surface area contributed by atoms with E-state index in [0.29, 0.717) is 10.0 Å². The Bertz CT molecular complexity index is 421.